The molecule has 1 aliphatic rings. The zero-order valence-electron chi connectivity index (χ0n) is 13.4. The zero-order valence-corrected chi connectivity index (χ0v) is 13.4. The Morgan fingerprint density at radius 1 is 1.22 bits per heavy atom. The molecule has 3 rings (SSSR count). The molecule has 0 aliphatic carbocycles. The molecule has 5 nitrogen and oxygen atoms in total. The molecule has 0 unspecified atom stereocenters. The maximum Gasteiger partial charge on any atom is 0.290 e. The van der Waals surface area contributed by atoms with Crippen molar-refractivity contribution >= 4 is 17.5 Å². The van der Waals surface area contributed by atoms with E-state index in [4.69, 9.17) is 4.42 Å². The summed E-state index contributed by atoms with van der Waals surface area (Å²) in [5, 5.41) is 0. The summed E-state index contributed by atoms with van der Waals surface area (Å²) in [7, 11) is 0. The highest BCUT2D eigenvalue weighted by molar-refractivity contribution is 6.03. The Bertz CT molecular complexity index is 709. The minimum Gasteiger partial charge on any atom is -0.459 e. The number of benzene rings is 1. The SMILES string of the molecule is CCc1ccccc1N1CCN(C(=O)c2ccco2)[C@H](C)C1=O. The Morgan fingerprint density at radius 2 is 2.00 bits per heavy atom. The van der Waals surface area contributed by atoms with Crippen LogP contribution in [0.2, 0.25) is 0 Å². The normalized spacial score (nSPS) is 18.3. The van der Waals surface area contributed by atoms with Crippen LogP contribution in [0.15, 0.2) is 47.1 Å². The van der Waals surface area contributed by atoms with Gasteiger partial charge in [-0.2, -0.15) is 0 Å². The van der Waals surface area contributed by atoms with Crippen molar-refractivity contribution in [2.45, 2.75) is 26.3 Å². The topological polar surface area (TPSA) is 53.8 Å². The predicted octanol–water partition coefficient (Wildman–Crippen LogP) is 2.72. The molecular weight excluding hydrogens is 292 g/mol. The molecule has 1 aromatic heterocycles. The first-order valence-corrected chi connectivity index (χ1v) is 7.87. The second-order valence-electron chi connectivity index (χ2n) is 5.62. The van der Waals surface area contributed by atoms with Crippen molar-refractivity contribution in [3.8, 4) is 0 Å². The van der Waals surface area contributed by atoms with Gasteiger partial charge in [0, 0.05) is 18.8 Å². The number of carbonyl (C=O) groups is 2. The number of nitrogens with zero attached hydrogens (tertiary/aromatic N) is 2. The fraction of sp³-hybridized carbons (Fsp3) is 0.333. The first-order chi connectivity index (χ1) is 11.1. The van der Waals surface area contributed by atoms with Crippen molar-refractivity contribution < 1.29 is 14.0 Å². The molecule has 2 heterocycles. The van der Waals surface area contributed by atoms with Crippen LogP contribution < -0.4 is 4.90 Å². The molecule has 1 aromatic carbocycles. The quantitative estimate of drug-likeness (QED) is 0.875. The molecule has 2 amide bonds. The second-order valence-corrected chi connectivity index (χ2v) is 5.62. The van der Waals surface area contributed by atoms with E-state index in [1.54, 1.807) is 28.9 Å². The van der Waals surface area contributed by atoms with Gasteiger partial charge >= 0.3 is 0 Å². The monoisotopic (exact) mass is 312 g/mol. The largest absolute Gasteiger partial charge is 0.459 e. The maximum atomic E-state index is 12.8. The van der Waals surface area contributed by atoms with Gasteiger partial charge in [-0.25, -0.2) is 0 Å². The molecule has 1 atom stereocenters. The number of hydrogen-bond donors (Lipinski definition) is 0. The van der Waals surface area contributed by atoms with E-state index in [1.165, 1.54) is 6.26 Å². The molecule has 0 saturated carbocycles. The van der Waals surface area contributed by atoms with Crippen LogP contribution in [-0.4, -0.2) is 35.8 Å². The summed E-state index contributed by atoms with van der Waals surface area (Å²) in [6.07, 6.45) is 2.33. The van der Waals surface area contributed by atoms with Crippen molar-refractivity contribution in [2.24, 2.45) is 0 Å². The van der Waals surface area contributed by atoms with Crippen LogP contribution in [0.25, 0.3) is 0 Å². The summed E-state index contributed by atoms with van der Waals surface area (Å²) < 4.78 is 5.16. The highest BCUT2D eigenvalue weighted by Crippen LogP contribution is 2.25. The Hall–Kier alpha value is -2.56. The molecule has 0 radical (unpaired) electrons. The third-order valence-corrected chi connectivity index (χ3v) is 4.31. The van der Waals surface area contributed by atoms with Crippen molar-refractivity contribution in [1.29, 1.82) is 0 Å². The van der Waals surface area contributed by atoms with Gasteiger partial charge in [-0.3, -0.25) is 9.59 Å². The standard InChI is InChI=1S/C18H20N2O3/c1-3-14-7-4-5-8-15(14)20-11-10-19(13(2)17(20)21)18(22)16-9-6-12-23-16/h4-9,12-13H,3,10-11H2,1-2H3/t13-/m1/s1. The fourth-order valence-electron chi connectivity index (χ4n) is 3.00. The number of hydrogen-bond acceptors (Lipinski definition) is 3. The van der Waals surface area contributed by atoms with Gasteiger partial charge in [0.2, 0.25) is 5.91 Å². The Labute approximate surface area is 135 Å². The summed E-state index contributed by atoms with van der Waals surface area (Å²) >= 11 is 0. The molecule has 1 fully saturated rings. The van der Waals surface area contributed by atoms with Gasteiger partial charge in [0.15, 0.2) is 5.76 Å². The van der Waals surface area contributed by atoms with Crippen LogP contribution in [0.5, 0.6) is 0 Å². The molecule has 5 heteroatoms. The summed E-state index contributed by atoms with van der Waals surface area (Å²) in [5.74, 6) is -0.0246. The first kappa shape index (κ1) is 15.3. The van der Waals surface area contributed by atoms with Crippen LogP contribution in [0, 0.1) is 0 Å². The maximum absolute atomic E-state index is 12.8. The fourth-order valence-corrected chi connectivity index (χ4v) is 3.00. The smallest absolute Gasteiger partial charge is 0.290 e. The van der Waals surface area contributed by atoms with Gasteiger partial charge in [-0.05, 0) is 37.1 Å². The van der Waals surface area contributed by atoms with Crippen molar-refractivity contribution in [3.63, 3.8) is 0 Å². The lowest BCUT2D eigenvalue weighted by Crippen LogP contribution is -2.57. The summed E-state index contributed by atoms with van der Waals surface area (Å²) in [6, 6.07) is 10.7. The molecule has 0 N–H and O–H groups in total. The molecule has 2 aromatic rings. The Morgan fingerprint density at radius 3 is 2.70 bits per heavy atom. The van der Waals surface area contributed by atoms with Crippen LogP contribution in [0.3, 0.4) is 0 Å². The highest BCUT2D eigenvalue weighted by atomic mass is 16.3. The van der Waals surface area contributed by atoms with E-state index >= 15 is 0 Å². The highest BCUT2D eigenvalue weighted by Gasteiger charge is 2.36. The summed E-state index contributed by atoms with van der Waals surface area (Å²) in [6.45, 7) is 4.82. The first-order valence-electron chi connectivity index (χ1n) is 7.87. The van der Waals surface area contributed by atoms with Crippen LogP contribution in [-0.2, 0) is 11.2 Å². The van der Waals surface area contributed by atoms with Gasteiger partial charge in [-0.1, -0.05) is 25.1 Å². The Balaban J connectivity index is 1.83. The third-order valence-electron chi connectivity index (χ3n) is 4.31. The van der Waals surface area contributed by atoms with Crippen LogP contribution in [0.1, 0.15) is 30.0 Å². The molecule has 1 saturated heterocycles. The molecule has 0 bridgehead atoms. The van der Waals surface area contributed by atoms with E-state index in [0.717, 1.165) is 17.7 Å². The van der Waals surface area contributed by atoms with Gasteiger partial charge in [0.05, 0.1) is 6.26 Å². The molecular formula is C18H20N2O3. The molecule has 23 heavy (non-hydrogen) atoms. The summed E-state index contributed by atoms with van der Waals surface area (Å²) in [4.78, 5) is 28.6. The minimum absolute atomic E-state index is 0.0583. The number of piperazine rings is 1. The number of carbonyl (C=O) groups excluding carboxylic acids is 2. The predicted molar refractivity (Wildman–Crippen MR) is 87.4 cm³/mol. The van der Waals surface area contributed by atoms with E-state index in [2.05, 4.69) is 6.92 Å². The number of amides is 2. The minimum atomic E-state index is -0.508. The van der Waals surface area contributed by atoms with E-state index in [1.807, 2.05) is 24.3 Å². The Kier molecular flexibility index (Phi) is 4.19. The molecule has 0 spiro atoms. The molecule has 1 aliphatic heterocycles. The number of rotatable bonds is 3. The van der Waals surface area contributed by atoms with E-state index in [-0.39, 0.29) is 17.6 Å². The lowest BCUT2D eigenvalue weighted by atomic mass is 10.1. The number of anilines is 1. The van der Waals surface area contributed by atoms with Gasteiger partial charge in [0.25, 0.3) is 5.91 Å². The summed E-state index contributed by atoms with van der Waals surface area (Å²) in [5.41, 5.74) is 2.08. The van der Waals surface area contributed by atoms with Crippen molar-refractivity contribution in [2.75, 3.05) is 18.0 Å². The molecule has 120 valence electrons. The second kappa shape index (κ2) is 6.28. The van der Waals surface area contributed by atoms with Gasteiger partial charge in [0.1, 0.15) is 6.04 Å². The van der Waals surface area contributed by atoms with E-state index < -0.39 is 6.04 Å². The van der Waals surface area contributed by atoms with Crippen molar-refractivity contribution in [3.05, 3.63) is 54.0 Å². The van der Waals surface area contributed by atoms with Crippen LogP contribution in [0.4, 0.5) is 5.69 Å². The van der Waals surface area contributed by atoms with E-state index in [0.29, 0.717) is 13.1 Å². The average Bonchev–Trinajstić information content (AvgIpc) is 3.11. The number of aryl methyl sites for hydroxylation is 1. The third kappa shape index (κ3) is 2.74. The zero-order chi connectivity index (χ0) is 16.4. The van der Waals surface area contributed by atoms with Crippen LogP contribution >= 0.6 is 0 Å². The van der Waals surface area contributed by atoms with Crippen molar-refractivity contribution in [1.82, 2.24) is 4.90 Å². The van der Waals surface area contributed by atoms with Gasteiger partial charge < -0.3 is 14.2 Å². The van der Waals surface area contributed by atoms with Gasteiger partial charge in [-0.15, -0.1) is 0 Å². The lowest BCUT2D eigenvalue weighted by Gasteiger charge is -2.39. The lowest BCUT2D eigenvalue weighted by molar-refractivity contribution is -0.124. The number of para-hydroxylation sites is 1. The van der Waals surface area contributed by atoms with E-state index in [9.17, 15) is 9.59 Å². The average molecular weight is 312 g/mol. The number of furan rings is 1.